The molecule has 2 atom stereocenters. The van der Waals surface area contributed by atoms with Gasteiger partial charge in [-0.2, -0.15) is 18.5 Å². The monoisotopic (exact) mass is 541 g/mol. The van der Waals surface area contributed by atoms with E-state index < -0.39 is 22.3 Å². The Labute approximate surface area is 219 Å². The molecule has 200 valence electrons. The Hall–Kier alpha value is -3.84. The first kappa shape index (κ1) is 25.8. The van der Waals surface area contributed by atoms with E-state index in [1.54, 1.807) is 30.3 Å². The Morgan fingerprint density at radius 1 is 1.16 bits per heavy atom. The van der Waals surface area contributed by atoms with E-state index in [0.717, 1.165) is 0 Å². The number of ether oxygens (including phenoxy) is 2. The van der Waals surface area contributed by atoms with Crippen molar-refractivity contribution in [3.05, 3.63) is 48.3 Å². The van der Waals surface area contributed by atoms with Crippen LogP contribution in [0, 0.1) is 6.92 Å². The Kier molecular flexibility index (Phi) is 7.13. The van der Waals surface area contributed by atoms with Crippen LogP contribution in [0.5, 0.6) is 11.6 Å². The first-order valence-corrected chi connectivity index (χ1v) is 13.7. The van der Waals surface area contributed by atoms with E-state index in [9.17, 15) is 12.8 Å². The fraction of sp³-hybridized carbons (Fsp3) is 0.360. The van der Waals surface area contributed by atoms with E-state index in [1.807, 2.05) is 20.8 Å². The molecule has 1 saturated heterocycles. The first-order valence-electron chi connectivity index (χ1n) is 12.2. The van der Waals surface area contributed by atoms with Crippen molar-refractivity contribution in [3.63, 3.8) is 0 Å². The van der Waals surface area contributed by atoms with Gasteiger partial charge in [0.2, 0.25) is 5.88 Å². The van der Waals surface area contributed by atoms with Gasteiger partial charge in [-0.05, 0) is 64.1 Å². The number of aromatic nitrogens is 5. The Balaban J connectivity index is 1.39. The molecule has 1 fully saturated rings. The topological polar surface area (TPSA) is 144 Å². The highest BCUT2D eigenvalue weighted by molar-refractivity contribution is 7.92. The third-order valence-corrected chi connectivity index (χ3v) is 7.20. The van der Waals surface area contributed by atoms with Crippen molar-refractivity contribution in [3.8, 4) is 23.0 Å². The summed E-state index contributed by atoms with van der Waals surface area (Å²) in [7, 11) is -3.95. The number of hydrogen-bond donors (Lipinski definition) is 3. The van der Waals surface area contributed by atoms with Crippen LogP contribution in [-0.2, 0) is 10.0 Å². The molecule has 38 heavy (non-hydrogen) atoms. The third-order valence-electron chi connectivity index (χ3n) is 5.92. The Morgan fingerprint density at radius 2 is 1.95 bits per heavy atom. The zero-order chi connectivity index (χ0) is 26.9. The average Bonchev–Trinajstić information content (AvgIpc) is 3.26. The van der Waals surface area contributed by atoms with Gasteiger partial charge >= 0.3 is 0 Å². The number of piperidine rings is 1. The van der Waals surface area contributed by atoms with Gasteiger partial charge in [0, 0.05) is 35.8 Å². The van der Waals surface area contributed by atoms with Crippen molar-refractivity contribution < 1.29 is 22.3 Å². The SMILES string of the molecule is Cc1[nH]nc2nc(-c3ccc(NS(=O)(=O)c4cc(OC(C)C)ccn4)cc3)nc(O[C@@H]3CCNC[C@@H]3F)c12. The lowest BCUT2D eigenvalue weighted by Gasteiger charge is -2.27. The highest BCUT2D eigenvalue weighted by atomic mass is 32.2. The van der Waals surface area contributed by atoms with Crippen LogP contribution in [0.1, 0.15) is 26.0 Å². The van der Waals surface area contributed by atoms with Crippen molar-refractivity contribution in [1.29, 1.82) is 0 Å². The number of alkyl halides is 1. The highest BCUT2D eigenvalue weighted by Gasteiger charge is 2.28. The van der Waals surface area contributed by atoms with Crippen LogP contribution in [0.4, 0.5) is 10.1 Å². The lowest BCUT2D eigenvalue weighted by atomic mass is 10.1. The molecule has 0 aliphatic carbocycles. The summed E-state index contributed by atoms with van der Waals surface area (Å²) in [5.74, 6) is 0.983. The molecule has 0 amide bonds. The molecule has 1 aliphatic rings. The maximum Gasteiger partial charge on any atom is 0.279 e. The highest BCUT2D eigenvalue weighted by Crippen LogP contribution is 2.30. The minimum absolute atomic E-state index is 0.107. The Morgan fingerprint density at radius 3 is 2.68 bits per heavy atom. The number of rotatable bonds is 8. The van der Waals surface area contributed by atoms with Gasteiger partial charge in [-0.25, -0.2) is 14.4 Å². The maximum atomic E-state index is 14.4. The van der Waals surface area contributed by atoms with Crippen molar-refractivity contribution in [2.24, 2.45) is 0 Å². The van der Waals surface area contributed by atoms with Crippen molar-refractivity contribution in [1.82, 2.24) is 30.5 Å². The van der Waals surface area contributed by atoms with Gasteiger partial charge < -0.3 is 14.8 Å². The van der Waals surface area contributed by atoms with Gasteiger partial charge in [0.05, 0.1) is 6.10 Å². The molecule has 0 saturated carbocycles. The van der Waals surface area contributed by atoms with Crippen LogP contribution in [0.2, 0.25) is 0 Å². The number of aromatic amines is 1. The molecule has 5 rings (SSSR count). The van der Waals surface area contributed by atoms with Crippen LogP contribution in [0.15, 0.2) is 47.6 Å². The molecular weight excluding hydrogens is 513 g/mol. The average molecular weight is 542 g/mol. The maximum absolute atomic E-state index is 14.4. The minimum Gasteiger partial charge on any atom is -0.491 e. The summed E-state index contributed by atoms with van der Waals surface area (Å²) in [6, 6.07) is 9.51. The lowest BCUT2D eigenvalue weighted by molar-refractivity contribution is 0.0707. The molecule has 0 bridgehead atoms. The van der Waals surface area contributed by atoms with E-state index >= 15 is 0 Å². The Bertz CT molecular complexity index is 1540. The number of hydrogen-bond acceptors (Lipinski definition) is 9. The van der Waals surface area contributed by atoms with Crippen LogP contribution in [0.3, 0.4) is 0 Å². The number of nitrogens with one attached hydrogen (secondary N) is 3. The molecule has 3 N–H and O–H groups in total. The van der Waals surface area contributed by atoms with Gasteiger partial charge in [0.15, 0.2) is 16.5 Å². The second-order valence-electron chi connectivity index (χ2n) is 9.24. The summed E-state index contributed by atoms with van der Waals surface area (Å²) in [4.78, 5) is 13.1. The molecule has 3 aromatic heterocycles. The van der Waals surface area contributed by atoms with E-state index in [-0.39, 0.29) is 23.6 Å². The standard InChI is InChI=1S/C25H28FN7O4S/c1-14(2)36-18-8-11-28-21(12-18)38(34,35)33-17-6-4-16(5-7-17)23-29-24-22(15(3)31-32-24)25(30-23)37-20-9-10-27-13-19(20)26/h4-8,11-12,14,19-20,27,33H,9-10,13H2,1-3H3,(H,29,30,31,32)/t19-,20+/m0/s1. The second kappa shape index (κ2) is 10.5. The molecule has 4 aromatic rings. The summed E-state index contributed by atoms with van der Waals surface area (Å²) in [6.07, 6.45) is -0.0111. The quantitative estimate of drug-likeness (QED) is 0.306. The molecule has 1 aliphatic heterocycles. The molecule has 1 aromatic carbocycles. The van der Waals surface area contributed by atoms with Gasteiger partial charge in [0.25, 0.3) is 10.0 Å². The predicted molar refractivity (Wildman–Crippen MR) is 139 cm³/mol. The molecule has 11 nitrogen and oxygen atoms in total. The third kappa shape index (κ3) is 5.53. The van der Waals surface area contributed by atoms with Crippen molar-refractivity contribution in [2.75, 3.05) is 17.8 Å². The summed E-state index contributed by atoms with van der Waals surface area (Å²) in [5.41, 5.74) is 2.04. The molecule has 0 spiro atoms. The van der Waals surface area contributed by atoms with Gasteiger partial charge in [0.1, 0.15) is 23.4 Å². The minimum atomic E-state index is -3.95. The molecule has 13 heteroatoms. The van der Waals surface area contributed by atoms with Crippen LogP contribution < -0.4 is 19.5 Å². The number of nitrogens with zero attached hydrogens (tertiary/aromatic N) is 4. The number of halogens is 1. The molecule has 0 unspecified atom stereocenters. The lowest BCUT2D eigenvalue weighted by Crippen LogP contribution is -2.44. The predicted octanol–water partition coefficient (Wildman–Crippen LogP) is 3.39. The normalized spacial score (nSPS) is 18.0. The number of aryl methyl sites for hydroxylation is 1. The van der Waals surface area contributed by atoms with Crippen LogP contribution >= 0.6 is 0 Å². The summed E-state index contributed by atoms with van der Waals surface area (Å²) in [5, 5.41) is 10.6. The molecular formula is C25H28FN7O4S. The summed E-state index contributed by atoms with van der Waals surface area (Å²) < 4.78 is 54.3. The van der Waals surface area contributed by atoms with Crippen LogP contribution in [0.25, 0.3) is 22.4 Å². The number of anilines is 1. The van der Waals surface area contributed by atoms with Crippen molar-refractivity contribution in [2.45, 2.75) is 50.6 Å². The first-order chi connectivity index (χ1) is 18.2. The fourth-order valence-electron chi connectivity index (χ4n) is 4.10. The summed E-state index contributed by atoms with van der Waals surface area (Å²) in [6.45, 7) is 6.39. The number of fused-ring (bicyclic) bond motifs is 1. The van der Waals surface area contributed by atoms with E-state index in [1.165, 1.54) is 12.3 Å². The molecule has 0 radical (unpaired) electrons. The number of benzene rings is 1. The molecule has 4 heterocycles. The van der Waals surface area contributed by atoms with Gasteiger partial charge in [-0.15, -0.1) is 0 Å². The smallest absolute Gasteiger partial charge is 0.279 e. The fourth-order valence-corrected chi connectivity index (χ4v) is 5.12. The van der Waals surface area contributed by atoms with Crippen LogP contribution in [-0.4, -0.2) is 65.0 Å². The number of sulfonamides is 1. The van der Waals surface area contributed by atoms with Gasteiger partial charge in [-0.3, -0.25) is 9.82 Å². The summed E-state index contributed by atoms with van der Waals surface area (Å²) >= 11 is 0. The number of H-pyrrole nitrogens is 1. The largest absolute Gasteiger partial charge is 0.491 e. The van der Waals surface area contributed by atoms with E-state index in [2.05, 4.69) is 35.2 Å². The second-order valence-corrected chi connectivity index (χ2v) is 10.9. The zero-order valence-electron chi connectivity index (χ0n) is 21.1. The van der Waals surface area contributed by atoms with Crippen molar-refractivity contribution >= 4 is 26.7 Å². The van der Waals surface area contributed by atoms with E-state index in [0.29, 0.717) is 52.5 Å². The van der Waals surface area contributed by atoms with E-state index in [4.69, 9.17) is 9.47 Å². The van der Waals surface area contributed by atoms with Gasteiger partial charge in [-0.1, -0.05) is 0 Å². The number of pyridine rings is 1. The zero-order valence-corrected chi connectivity index (χ0v) is 21.9.